The van der Waals surface area contributed by atoms with Crippen molar-refractivity contribution in [2.45, 2.75) is 13.3 Å². The molecule has 0 aliphatic rings. The monoisotopic (exact) mass is 381 g/mol. The fraction of sp³-hybridized carbons (Fsp3) is 0.120. The van der Waals surface area contributed by atoms with E-state index in [0.29, 0.717) is 17.5 Å². The Morgan fingerprint density at radius 1 is 1.17 bits per heavy atom. The Bertz CT molecular complexity index is 1290. The summed E-state index contributed by atoms with van der Waals surface area (Å²) in [6, 6.07) is 17.6. The van der Waals surface area contributed by atoms with E-state index in [1.807, 2.05) is 56.4 Å². The molecule has 4 heteroatoms. The maximum Gasteiger partial charge on any atom is 0.131 e. The van der Waals surface area contributed by atoms with Gasteiger partial charge in [-0.2, -0.15) is 10.4 Å². The molecule has 0 amide bonds. The molecule has 0 bridgehead atoms. The number of nitrogens with zero attached hydrogens (tertiary/aromatic N) is 3. The second kappa shape index (κ2) is 7.37. The fourth-order valence-electron chi connectivity index (χ4n) is 3.91. The summed E-state index contributed by atoms with van der Waals surface area (Å²) in [6.07, 6.45) is 3.98. The normalized spacial score (nSPS) is 10.8. The molecule has 3 aromatic carbocycles. The van der Waals surface area contributed by atoms with Crippen LogP contribution in [0.15, 0.2) is 61.3 Å². The van der Waals surface area contributed by atoms with Gasteiger partial charge < -0.3 is 0 Å². The fourth-order valence-corrected chi connectivity index (χ4v) is 3.91. The second-order valence-corrected chi connectivity index (χ2v) is 6.94. The first-order chi connectivity index (χ1) is 14.1. The molecule has 29 heavy (non-hydrogen) atoms. The SMILES string of the molecule is C=Cc1c(F)cc(-c2cnn(C)c2-c2ccc3ccccc3c2C#N)cc1CC. The van der Waals surface area contributed by atoms with E-state index in [2.05, 4.69) is 17.7 Å². The third kappa shape index (κ3) is 3.01. The van der Waals surface area contributed by atoms with Crippen LogP contribution >= 0.6 is 0 Å². The predicted octanol–water partition coefficient (Wildman–Crippen LogP) is 6.12. The highest BCUT2D eigenvalue weighted by Gasteiger charge is 2.19. The lowest BCUT2D eigenvalue weighted by Gasteiger charge is -2.13. The number of rotatable bonds is 4. The Morgan fingerprint density at radius 3 is 2.69 bits per heavy atom. The van der Waals surface area contributed by atoms with Crippen molar-refractivity contribution in [3.8, 4) is 28.5 Å². The Balaban J connectivity index is 2.00. The summed E-state index contributed by atoms with van der Waals surface area (Å²) in [5.41, 5.74) is 5.13. The van der Waals surface area contributed by atoms with E-state index in [0.717, 1.165) is 38.7 Å². The second-order valence-electron chi connectivity index (χ2n) is 6.94. The molecule has 142 valence electrons. The molecule has 3 nitrogen and oxygen atoms in total. The number of halogens is 1. The van der Waals surface area contributed by atoms with Crippen LogP contribution in [0.3, 0.4) is 0 Å². The largest absolute Gasteiger partial charge is 0.267 e. The molecular formula is C25H20FN3. The highest BCUT2D eigenvalue weighted by atomic mass is 19.1. The molecule has 1 aromatic heterocycles. The number of aromatic nitrogens is 2. The summed E-state index contributed by atoms with van der Waals surface area (Å²) >= 11 is 0. The quantitative estimate of drug-likeness (QED) is 0.427. The first-order valence-corrected chi connectivity index (χ1v) is 9.48. The van der Waals surface area contributed by atoms with Crippen molar-refractivity contribution in [2.75, 3.05) is 0 Å². The molecule has 0 saturated heterocycles. The molecular weight excluding hydrogens is 361 g/mol. The summed E-state index contributed by atoms with van der Waals surface area (Å²) in [6.45, 7) is 5.72. The lowest BCUT2D eigenvalue weighted by Crippen LogP contribution is -1.98. The Morgan fingerprint density at radius 2 is 1.97 bits per heavy atom. The van der Waals surface area contributed by atoms with Crippen LogP contribution in [-0.4, -0.2) is 9.78 Å². The van der Waals surface area contributed by atoms with Crippen LogP contribution < -0.4 is 0 Å². The van der Waals surface area contributed by atoms with Gasteiger partial charge in [-0.3, -0.25) is 4.68 Å². The number of hydrogen-bond donors (Lipinski definition) is 0. The summed E-state index contributed by atoms with van der Waals surface area (Å²) in [5.74, 6) is -0.303. The van der Waals surface area contributed by atoms with Crippen LogP contribution in [0.25, 0.3) is 39.2 Å². The van der Waals surface area contributed by atoms with Gasteiger partial charge >= 0.3 is 0 Å². The Hall–Kier alpha value is -3.71. The Kier molecular flexibility index (Phi) is 4.74. The van der Waals surface area contributed by atoms with Gasteiger partial charge in [0.2, 0.25) is 0 Å². The van der Waals surface area contributed by atoms with Crippen LogP contribution in [0.1, 0.15) is 23.6 Å². The van der Waals surface area contributed by atoms with Crippen molar-refractivity contribution in [3.63, 3.8) is 0 Å². The standard InChI is InChI=1S/C25H20FN3/c1-4-16-12-18(13-24(26)19(16)5-2)23-15-28-29(3)25(23)21-11-10-17-8-6-7-9-20(17)22(21)14-27/h5-13,15H,2,4H2,1,3H3. The van der Waals surface area contributed by atoms with Crippen LogP contribution in [-0.2, 0) is 13.5 Å². The van der Waals surface area contributed by atoms with Gasteiger partial charge in [-0.1, -0.05) is 62.0 Å². The van der Waals surface area contributed by atoms with Crippen molar-refractivity contribution in [3.05, 3.63) is 83.8 Å². The van der Waals surface area contributed by atoms with Crippen LogP contribution in [0, 0.1) is 17.1 Å². The molecule has 0 aliphatic carbocycles. The van der Waals surface area contributed by atoms with Crippen molar-refractivity contribution >= 4 is 16.8 Å². The van der Waals surface area contributed by atoms with Crippen molar-refractivity contribution in [1.82, 2.24) is 9.78 Å². The summed E-state index contributed by atoms with van der Waals surface area (Å²) in [5, 5.41) is 16.2. The third-order valence-corrected chi connectivity index (χ3v) is 5.35. The first-order valence-electron chi connectivity index (χ1n) is 9.48. The number of nitriles is 1. The summed E-state index contributed by atoms with van der Waals surface area (Å²) < 4.78 is 16.5. The van der Waals surface area contributed by atoms with Crippen LogP contribution in [0.4, 0.5) is 4.39 Å². The van der Waals surface area contributed by atoms with E-state index < -0.39 is 0 Å². The van der Waals surface area contributed by atoms with E-state index in [1.54, 1.807) is 17.0 Å². The molecule has 4 rings (SSSR count). The maximum atomic E-state index is 14.7. The molecule has 4 aromatic rings. The van der Waals surface area contributed by atoms with Gasteiger partial charge in [0.05, 0.1) is 17.5 Å². The first kappa shape index (κ1) is 18.6. The molecule has 1 heterocycles. The highest BCUT2D eigenvalue weighted by molar-refractivity contribution is 5.96. The minimum Gasteiger partial charge on any atom is -0.267 e. The Labute approximate surface area is 169 Å². The molecule has 0 N–H and O–H groups in total. The van der Waals surface area contributed by atoms with E-state index in [1.165, 1.54) is 6.07 Å². The minimum absolute atomic E-state index is 0.303. The lowest BCUT2D eigenvalue weighted by atomic mass is 9.92. The van der Waals surface area contributed by atoms with E-state index in [-0.39, 0.29) is 5.82 Å². The highest BCUT2D eigenvalue weighted by Crippen LogP contribution is 2.37. The molecule has 0 unspecified atom stereocenters. The van der Waals surface area contributed by atoms with Gasteiger partial charge in [-0.15, -0.1) is 0 Å². The zero-order valence-electron chi connectivity index (χ0n) is 16.4. The topological polar surface area (TPSA) is 41.6 Å². The number of hydrogen-bond acceptors (Lipinski definition) is 2. The third-order valence-electron chi connectivity index (χ3n) is 5.35. The smallest absolute Gasteiger partial charge is 0.131 e. The summed E-state index contributed by atoms with van der Waals surface area (Å²) in [4.78, 5) is 0. The van der Waals surface area contributed by atoms with Gasteiger partial charge in [-0.25, -0.2) is 4.39 Å². The van der Waals surface area contributed by atoms with Gasteiger partial charge in [0.15, 0.2) is 0 Å². The lowest BCUT2D eigenvalue weighted by molar-refractivity contribution is 0.623. The van der Waals surface area contributed by atoms with Crippen molar-refractivity contribution in [1.29, 1.82) is 5.26 Å². The van der Waals surface area contributed by atoms with E-state index in [9.17, 15) is 9.65 Å². The average Bonchev–Trinajstić information content (AvgIpc) is 3.13. The minimum atomic E-state index is -0.303. The van der Waals surface area contributed by atoms with Crippen LogP contribution in [0.2, 0.25) is 0 Å². The number of fused-ring (bicyclic) bond motifs is 1. The van der Waals surface area contributed by atoms with E-state index in [4.69, 9.17) is 0 Å². The van der Waals surface area contributed by atoms with Gasteiger partial charge in [0.1, 0.15) is 11.9 Å². The summed E-state index contributed by atoms with van der Waals surface area (Å²) in [7, 11) is 1.84. The molecule has 0 atom stereocenters. The van der Waals surface area contributed by atoms with Gasteiger partial charge in [0, 0.05) is 29.1 Å². The van der Waals surface area contributed by atoms with Crippen molar-refractivity contribution in [2.24, 2.45) is 7.05 Å². The average molecular weight is 381 g/mol. The number of benzene rings is 3. The zero-order chi connectivity index (χ0) is 20.5. The van der Waals surface area contributed by atoms with Gasteiger partial charge in [-0.05, 0) is 29.0 Å². The molecule has 0 saturated carbocycles. The predicted molar refractivity (Wildman–Crippen MR) is 116 cm³/mol. The van der Waals surface area contributed by atoms with Gasteiger partial charge in [0.25, 0.3) is 0 Å². The molecule has 0 fully saturated rings. The van der Waals surface area contributed by atoms with Crippen LogP contribution in [0.5, 0.6) is 0 Å². The van der Waals surface area contributed by atoms with Crippen molar-refractivity contribution < 1.29 is 4.39 Å². The molecule has 0 aliphatic heterocycles. The van der Waals surface area contributed by atoms with E-state index >= 15 is 0 Å². The maximum absolute atomic E-state index is 14.7. The molecule has 0 spiro atoms. The molecule has 0 radical (unpaired) electrons. The zero-order valence-corrected chi connectivity index (χ0v) is 16.4. The number of aryl methyl sites for hydroxylation is 2.